The van der Waals surface area contributed by atoms with Crippen molar-refractivity contribution in [1.29, 1.82) is 5.26 Å². The standard InChI is InChI=1S/C22H25N5O2/c1-4-20-19(13-24-16(3)25-20)22(29)27-12-11-26(14-15(27)2)21(28)18-8-6-5-7-17(18)9-10-23/h5-8,13,15H,4,9,11-12,14H2,1-3H3. The highest BCUT2D eigenvalue weighted by atomic mass is 16.2. The van der Waals surface area contributed by atoms with Crippen LogP contribution in [0.2, 0.25) is 0 Å². The quantitative estimate of drug-likeness (QED) is 0.798. The average molecular weight is 391 g/mol. The molecule has 0 radical (unpaired) electrons. The van der Waals surface area contributed by atoms with Crippen LogP contribution in [0.15, 0.2) is 30.5 Å². The van der Waals surface area contributed by atoms with Crippen LogP contribution < -0.4 is 0 Å². The van der Waals surface area contributed by atoms with Gasteiger partial charge in [-0.25, -0.2) is 9.97 Å². The third-order valence-corrected chi connectivity index (χ3v) is 5.25. The molecule has 0 aliphatic carbocycles. The number of carbonyl (C=O) groups is 2. The fourth-order valence-electron chi connectivity index (χ4n) is 3.70. The predicted molar refractivity (Wildman–Crippen MR) is 108 cm³/mol. The Morgan fingerprint density at radius 3 is 2.66 bits per heavy atom. The van der Waals surface area contributed by atoms with E-state index in [2.05, 4.69) is 16.0 Å². The zero-order chi connectivity index (χ0) is 21.0. The lowest BCUT2D eigenvalue weighted by molar-refractivity contribution is 0.0412. The van der Waals surface area contributed by atoms with E-state index in [0.717, 1.165) is 11.3 Å². The number of nitrogens with zero attached hydrogens (tertiary/aromatic N) is 5. The van der Waals surface area contributed by atoms with Gasteiger partial charge < -0.3 is 9.80 Å². The summed E-state index contributed by atoms with van der Waals surface area (Å²) < 4.78 is 0. The zero-order valence-corrected chi connectivity index (χ0v) is 17.1. The molecule has 0 bridgehead atoms. The second-order valence-electron chi connectivity index (χ2n) is 7.22. The molecular formula is C22H25N5O2. The Morgan fingerprint density at radius 1 is 1.21 bits per heavy atom. The van der Waals surface area contributed by atoms with Crippen LogP contribution in [-0.2, 0) is 12.8 Å². The molecule has 7 nitrogen and oxygen atoms in total. The smallest absolute Gasteiger partial charge is 0.257 e. The van der Waals surface area contributed by atoms with Crippen molar-refractivity contribution in [2.24, 2.45) is 0 Å². The molecule has 0 saturated carbocycles. The molecule has 1 fully saturated rings. The van der Waals surface area contributed by atoms with Crippen molar-refractivity contribution in [2.75, 3.05) is 19.6 Å². The highest BCUT2D eigenvalue weighted by molar-refractivity contribution is 5.97. The first-order valence-corrected chi connectivity index (χ1v) is 9.83. The highest BCUT2D eigenvalue weighted by Gasteiger charge is 2.32. The van der Waals surface area contributed by atoms with Crippen LogP contribution in [0.5, 0.6) is 0 Å². The third kappa shape index (κ3) is 4.27. The summed E-state index contributed by atoms with van der Waals surface area (Å²) in [6.45, 7) is 7.06. The van der Waals surface area contributed by atoms with Crippen molar-refractivity contribution in [3.8, 4) is 6.07 Å². The van der Waals surface area contributed by atoms with Crippen LogP contribution in [0.1, 0.15) is 51.6 Å². The molecule has 2 amide bonds. The second kappa shape index (κ2) is 8.82. The number of aromatic nitrogens is 2. The van der Waals surface area contributed by atoms with E-state index in [4.69, 9.17) is 5.26 Å². The summed E-state index contributed by atoms with van der Waals surface area (Å²) in [4.78, 5) is 38.2. The minimum atomic E-state index is -0.130. The maximum Gasteiger partial charge on any atom is 0.257 e. The molecule has 1 saturated heterocycles. The second-order valence-corrected chi connectivity index (χ2v) is 7.22. The van der Waals surface area contributed by atoms with Gasteiger partial charge in [0.2, 0.25) is 0 Å². The molecule has 7 heteroatoms. The molecule has 1 aromatic carbocycles. The third-order valence-electron chi connectivity index (χ3n) is 5.25. The monoisotopic (exact) mass is 391 g/mol. The summed E-state index contributed by atoms with van der Waals surface area (Å²) in [7, 11) is 0. The lowest BCUT2D eigenvalue weighted by Gasteiger charge is -2.40. The van der Waals surface area contributed by atoms with Crippen molar-refractivity contribution in [3.63, 3.8) is 0 Å². The number of piperazine rings is 1. The first-order valence-electron chi connectivity index (χ1n) is 9.83. The zero-order valence-electron chi connectivity index (χ0n) is 17.1. The number of benzene rings is 1. The van der Waals surface area contributed by atoms with Crippen LogP contribution in [0.3, 0.4) is 0 Å². The number of aryl methyl sites for hydroxylation is 2. The highest BCUT2D eigenvalue weighted by Crippen LogP contribution is 2.19. The lowest BCUT2D eigenvalue weighted by Crippen LogP contribution is -2.55. The van der Waals surface area contributed by atoms with Crippen molar-refractivity contribution in [1.82, 2.24) is 19.8 Å². The van der Waals surface area contributed by atoms with E-state index in [1.54, 1.807) is 28.1 Å². The summed E-state index contributed by atoms with van der Waals surface area (Å²) in [5, 5.41) is 9.01. The number of hydrogen-bond acceptors (Lipinski definition) is 5. The van der Waals surface area contributed by atoms with E-state index in [1.165, 1.54) is 0 Å². The normalized spacial score (nSPS) is 16.4. The minimum Gasteiger partial charge on any atom is -0.335 e. The van der Waals surface area contributed by atoms with Gasteiger partial charge in [-0.05, 0) is 31.9 Å². The Morgan fingerprint density at radius 2 is 1.97 bits per heavy atom. The van der Waals surface area contributed by atoms with E-state index in [1.807, 2.05) is 32.9 Å². The summed E-state index contributed by atoms with van der Waals surface area (Å²) in [6, 6.07) is 9.18. The van der Waals surface area contributed by atoms with Gasteiger partial charge in [0, 0.05) is 37.4 Å². The van der Waals surface area contributed by atoms with Crippen molar-refractivity contribution in [3.05, 3.63) is 58.7 Å². The molecule has 0 N–H and O–H groups in total. The maximum absolute atomic E-state index is 13.1. The van der Waals surface area contributed by atoms with E-state index < -0.39 is 0 Å². The Hall–Kier alpha value is -3.27. The lowest BCUT2D eigenvalue weighted by atomic mass is 10.0. The summed E-state index contributed by atoms with van der Waals surface area (Å²) in [5.74, 6) is 0.465. The van der Waals surface area contributed by atoms with E-state index in [-0.39, 0.29) is 24.3 Å². The first-order chi connectivity index (χ1) is 14.0. The average Bonchev–Trinajstić information content (AvgIpc) is 2.73. The fourth-order valence-corrected chi connectivity index (χ4v) is 3.70. The molecule has 3 rings (SSSR count). The van der Waals surface area contributed by atoms with Crippen LogP contribution in [0.25, 0.3) is 0 Å². The van der Waals surface area contributed by atoms with Crippen LogP contribution in [0.4, 0.5) is 0 Å². The fraction of sp³-hybridized carbons (Fsp3) is 0.409. The predicted octanol–water partition coefficient (Wildman–Crippen LogP) is 2.40. The van der Waals surface area contributed by atoms with Crippen LogP contribution >= 0.6 is 0 Å². The van der Waals surface area contributed by atoms with Gasteiger partial charge in [-0.15, -0.1) is 0 Å². The molecule has 2 aromatic rings. The van der Waals surface area contributed by atoms with Crippen molar-refractivity contribution in [2.45, 2.75) is 39.7 Å². The molecule has 1 atom stereocenters. The maximum atomic E-state index is 13.1. The first kappa shape index (κ1) is 20.5. The number of amides is 2. The molecule has 29 heavy (non-hydrogen) atoms. The number of nitriles is 1. The number of carbonyl (C=O) groups excluding carboxylic acids is 2. The van der Waals surface area contributed by atoms with Crippen molar-refractivity contribution < 1.29 is 9.59 Å². The van der Waals surface area contributed by atoms with Gasteiger partial charge in [-0.2, -0.15) is 5.26 Å². The molecule has 1 aromatic heterocycles. The molecule has 1 aliphatic rings. The number of rotatable bonds is 4. The summed E-state index contributed by atoms with van der Waals surface area (Å²) in [5.41, 5.74) is 2.57. The summed E-state index contributed by atoms with van der Waals surface area (Å²) in [6.07, 6.45) is 2.46. The van der Waals surface area contributed by atoms with E-state index >= 15 is 0 Å². The van der Waals surface area contributed by atoms with Gasteiger partial charge in [0.05, 0.1) is 23.7 Å². The molecular weight excluding hydrogens is 366 g/mol. The molecule has 0 spiro atoms. The van der Waals surface area contributed by atoms with Gasteiger partial charge in [0.1, 0.15) is 5.82 Å². The molecule has 150 valence electrons. The molecule has 1 aliphatic heterocycles. The molecule has 2 heterocycles. The van der Waals surface area contributed by atoms with Gasteiger partial charge in [0.15, 0.2) is 0 Å². The number of hydrogen-bond donors (Lipinski definition) is 0. The minimum absolute atomic E-state index is 0.0914. The molecule has 1 unspecified atom stereocenters. The largest absolute Gasteiger partial charge is 0.335 e. The van der Waals surface area contributed by atoms with E-state index in [9.17, 15) is 9.59 Å². The van der Waals surface area contributed by atoms with Gasteiger partial charge in [-0.3, -0.25) is 9.59 Å². The van der Waals surface area contributed by atoms with Gasteiger partial charge in [-0.1, -0.05) is 25.1 Å². The summed E-state index contributed by atoms with van der Waals surface area (Å²) >= 11 is 0. The van der Waals surface area contributed by atoms with Crippen LogP contribution in [0, 0.1) is 18.3 Å². The Kier molecular flexibility index (Phi) is 6.23. The van der Waals surface area contributed by atoms with Crippen molar-refractivity contribution >= 4 is 11.8 Å². The Labute approximate surface area is 171 Å². The Balaban J connectivity index is 1.75. The van der Waals surface area contributed by atoms with E-state index in [0.29, 0.717) is 43.0 Å². The SMILES string of the molecule is CCc1nc(C)ncc1C(=O)N1CCN(C(=O)c2ccccc2CC#N)CC1C. The van der Waals surface area contributed by atoms with Gasteiger partial charge >= 0.3 is 0 Å². The Bertz CT molecular complexity index is 966. The van der Waals surface area contributed by atoms with Gasteiger partial charge in [0.25, 0.3) is 11.8 Å². The topological polar surface area (TPSA) is 90.2 Å². The van der Waals surface area contributed by atoms with Crippen LogP contribution in [-0.4, -0.2) is 57.3 Å².